The molecule has 0 bridgehead atoms. The molecule has 35 heavy (non-hydrogen) atoms. The van der Waals surface area contributed by atoms with Crippen molar-refractivity contribution in [3.8, 4) is 0 Å². The van der Waals surface area contributed by atoms with Gasteiger partial charge in [-0.15, -0.1) is 11.8 Å². The van der Waals surface area contributed by atoms with E-state index < -0.39 is 0 Å². The van der Waals surface area contributed by atoms with Gasteiger partial charge < -0.3 is 30.2 Å². The molecule has 1 aliphatic heterocycles. The summed E-state index contributed by atoms with van der Waals surface area (Å²) in [7, 11) is 0. The van der Waals surface area contributed by atoms with Crippen LogP contribution in [-0.4, -0.2) is 62.7 Å². The number of anilines is 5. The fourth-order valence-corrected chi connectivity index (χ4v) is 4.91. The van der Waals surface area contributed by atoms with Crippen LogP contribution in [0.5, 0.6) is 0 Å². The first-order valence-electron chi connectivity index (χ1n) is 11.2. The minimum Gasteiger partial charge on any atom is -0.378 e. The minimum atomic E-state index is 0.470. The molecule has 0 aliphatic carbocycles. The number of morpholine rings is 1. The lowest BCUT2D eigenvalue weighted by Gasteiger charge is -2.28. The van der Waals surface area contributed by atoms with Crippen LogP contribution in [0.2, 0.25) is 0 Å². The molecule has 0 atom stereocenters. The number of ether oxygens (including phenoxy) is 1. The van der Waals surface area contributed by atoms with Crippen molar-refractivity contribution in [1.82, 2.24) is 30.1 Å². The summed E-state index contributed by atoms with van der Waals surface area (Å²) in [5, 5.41) is 15.9. The second-order valence-electron chi connectivity index (χ2n) is 8.09. The summed E-state index contributed by atoms with van der Waals surface area (Å²) in [6.07, 6.45) is 1.98. The summed E-state index contributed by atoms with van der Waals surface area (Å²) < 4.78 is 6.04. The second-order valence-corrected chi connectivity index (χ2v) is 9.29. The number of H-pyrrole nitrogens is 3. The lowest BCUT2D eigenvalue weighted by atomic mass is 10.2. The van der Waals surface area contributed by atoms with Crippen molar-refractivity contribution in [2.24, 2.45) is 0 Å². The Bertz CT molecular complexity index is 1550. The van der Waals surface area contributed by atoms with E-state index in [-0.39, 0.29) is 0 Å². The molecule has 178 valence electrons. The normalized spacial score (nSPS) is 14.0. The molecule has 1 saturated heterocycles. The molecule has 0 spiro atoms. The van der Waals surface area contributed by atoms with Gasteiger partial charge in [0.2, 0.25) is 5.95 Å². The van der Waals surface area contributed by atoms with Crippen LogP contribution in [0, 0.1) is 4.77 Å². The zero-order chi connectivity index (χ0) is 23.8. The van der Waals surface area contributed by atoms with Gasteiger partial charge in [-0.05, 0) is 60.9 Å². The first kappa shape index (κ1) is 21.9. The Labute approximate surface area is 209 Å². The van der Waals surface area contributed by atoms with Crippen molar-refractivity contribution in [3.63, 3.8) is 0 Å². The summed E-state index contributed by atoms with van der Waals surface area (Å²) in [5.41, 5.74) is 5.47. The molecule has 0 amide bonds. The van der Waals surface area contributed by atoms with Crippen LogP contribution in [0.15, 0.2) is 47.5 Å². The van der Waals surface area contributed by atoms with E-state index >= 15 is 0 Å². The van der Waals surface area contributed by atoms with Crippen LogP contribution in [-0.2, 0) is 4.74 Å². The lowest BCUT2D eigenvalue weighted by Crippen LogP contribution is -2.36. The average Bonchev–Trinajstić information content (AvgIpc) is 3.47. The van der Waals surface area contributed by atoms with Gasteiger partial charge in [-0.1, -0.05) is 0 Å². The Balaban J connectivity index is 1.31. The highest BCUT2D eigenvalue weighted by Gasteiger charge is 2.16. The fraction of sp³-hybridized carbons (Fsp3) is 0.217. The van der Waals surface area contributed by atoms with Gasteiger partial charge in [0, 0.05) is 30.2 Å². The largest absolute Gasteiger partial charge is 0.378 e. The monoisotopic (exact) mass is 505 g/mol. The number of hydrogen-bond acceptors (Lipinski definition) is 9. The third-order valence-electron chi connectivity index (χ3n) is 5.86. The SMILES string of the molecule is CSc1n[nH]c2nc(Nc3ccc(N4CCOCC4)cc3)nc(Nc3ccc4[nH]c(=S)[nH]c4c3)c12. The highest BCUT2D eigenvalue weighted by Crippen LogP contribution is 2.32. The molecule has 4 heterocycles. The van der Waals surface area contributed by atoms with E-state index in [2.05, 4.69) is 52.8 Å². The Morgan fingerprint density at radius 1 is 0.971 bits per heavy atom. The van der Waals surface area contributed by atoms with Crippen LogP contribution in [0.3, 0.4) is 0 Å². The molecular weight excluding hydrogens is 482 g/mol. The summed E-state index contributed by atoms with van der Waals surface area (Å²) in [4.78, 5) is 18.1. The number of aromatic nitrogens is 6. The minimum absolute atomic E-state index is 0.470. The number of imidazole rings is 1. The predicted octanol–water partition coefficient (Wildman–Crippen LogP) is 4.94. The molecule has 0 radical (unpaired) electrons. The number of thioether (sulfide) groups is 1. The molecule has 12 heteroatoms. The van der Waals surface area contributed by atoms with E-state index in [1.807, 2.05) is 36.6 Å². The molecule has 5 aromatic rings. The molecule has 2 aromatic carbocycles. The van der Waals surface area contributed by atoms with Gasteiger partial charge in [-0.25, -0.2) is 0 Å². The van der Waals surface area contributed by atoms with Crippen LogP contribution >= 0.6 is 24.0 Å². The second kappa shape index (κ2) is 9.21. The van der Waals surface area contributed by atoms with Crippen molar-refractivity contribution < 1.29 is 4.74 Å². The lowest BCUT2D eigenvalue weighted by molar-refractivity contribution is 0.122. The molecule has 3 aromatic heterocycles. The third kappa shape index (κ3) is 4.43. The molecule has 10 nitrogen and oxygen atoms in total. The van der Waals surface area contributed by atoms with Crippen LogP contribution in [0.25, 0.3) is 22.1 Å². The molecule has 0 unspecified atom stereocenters. The van der Waals surface area contributed by atoms with Crippen molar-refractivity contribution in [3.05, 3.63) is 47.2 Å². The molecule has 1 aliphatic rings. The summed E-state index contributed by atoms with van der Waals surface area (Å²) in [5.74, 6) is 1.13. The number of nitrogens with one attached hydrogen (secondary N) is 5. The van der Waals surface area contributed by atoms with E-state index in [1.165, 1.54) is 17.4 Å². The van der Waals surface area contributed by atoms with Crippen molar-refractivity contribution in [2.45, 2.75) is 5.03 Å². The molecule has 6 rings (SSSR count). The number of fused-ring (bicyclic) bond motifs is 2. The number of rotatable bonds is 6. The Hall–Kier alpha value is -3.61. The molecule has 1 fully saturated rings. The first-order chi connectivity index (χ1) is 17.2. The van der Waals surface area contributed by atoms with Gasteiger partial charge in [0.15, 0.2) is 10.4 Å². The van der Waals surface area contributed by atoms with Gasteiger partial charge in [-0.2, -0.15) is 15.1 Å². The van der Waals surface area contributed by atoms with Gasteiger partial charge in [-0.3, -0.25) is 5.10 Å². The van der Waals surface area contributed by atoms with Crippen molar-refractivity contribution in [1.29, 1.82) is 0 Å². The number of hydrogen-bond donors (Lipinski definition) is 5. The maximum Gasteiger partial charge on any atom is 0.231 e. The van der Waals surface area contributed by atoms with Gasteiger partial charge >= 0.3 is 0 Å². The fourth-order valence-electron chi connectivity index (χ4n) is 4.15. The third-order valence-corrected chi connectivity index (χ3v) is 6.74. The Kier molecular flexibility index (Phi) is 5.76. The van der Waals surface area contributed by atoms with Gasteiger partial charge in [0.25, 0.3) is 0 Å². The standard InChI is InChI=1S/C23H23N9OS2/c1-35-21-18-19(24-14-4-7-16-17(12-14)27-23(34)26-16)28-22(29-20(18)30-31-21)25-13-2-5-15(6-3-13)32-8-10-33-11-9-32/h2-7,12H,8-11H2,1H3,(H2,26,27,34)(H3,24,25,28,29,30,31). The molecular formula is C23H23N9OS2. The average molecular weight is 506 g/mol. The quantitative estimate of drug-likeness (QED) is 0.161. The number of benzene rings is 2. The number of aromatic amines is 3. The van der Waals surface area contributed by atoms with Gasteiger partial charge in [0.05, 0.1) is 29.6 Å². The zero-order valence-corrected chi connectivity index (χ0v) is 20.5. The summed E-state index contributed by atoms with van der Waals surface area (Å²) in [6, 6.07) is 14.2. The van der Waals surface area contributed by atoms with Gasteiger partial charge in [0.1, 0.15) is 10.8 Å². The highest BCUT2D eigenvalue weighted by atomic mass is 32.2. The van der Waals surface area contributed by atoms with E-state index in [9.17, 15) is 0 Å². The Morgan fingerprint density at radius 2 is 1.74 bits per heavy atom. The zero-order valence-electron chi connectivity index (χ0n) is 18.9. The smallest absolute Gasteiger partial charge is 0.231 e. The van der Waals surface area contributed by atoms with E-state index in [0.717, 1.165) is 59.1 Å². The maximum absolute atomic E-state index is 5.45. The van der Waals surface area contributed by atoms with E-state index in [4.69, 9.17) is 21.9 Å². The molecule has 5 N–H and O–H groups in total. The van der Waals surface area contributed by atoms with Crippen molar-refractivity contribution in [2.75, 3.05) is 48.1 Å². The first-order valence-corrected chi connectivity index (χ1v) is 12.8. The predicted molar refractivity (Wildman–Crippen MR) is 143 cm³/mol. The summed E-state index contributed by atoms with van der Waals surface area (Å²) in [6.45, 7) is 3.32. The van der Waals surface area contributed by atoms with Crippen molar-refractivity contribution >= 4 is 74.9 Å². The van der Waals surface area contributed by atoms with E-state index in [0.29, 0.717) is 22.2 Å². The summed E-state index contributed by atoms with van der Waals surface area (Å²) >= 11 is 6.75. The Morgan fingerprint density at radius 3 is 2.54 bits per heavy atom. The van der Waals surface area contributed by atoms with Crippen LogP contribution in [0.4, 0.5) is 28.8 Å². The van der Waals surface area contributed by atoms with E-state index in [1.54, 1.807) is 0 Å². The van der Waals surface area contributed by atoms with Crippen LogP contribution in [0.1, 0.15) is 0 Å². The highest BCUT2D eigenvalue weighted by molar-refractivity contribution is 7.98. The van der Waals surface area contributed by atoms with Crippen LogP contribution < -0.4 is 15.5 Å². The topological polar surface area (TPSA) is 123 Å². The maximum atomic E-state index is 5.45. The number of nitrogens with zero attached hydrogens (tertiary/aromatic N) is 4. The molecule has 0 saturated carbocycles.